The maximum atomic E-state index is 11.9. The highest BCUT2D eigenvalue weighted by Crippen LogP contribution is 2.30. The van der Waals surface area contributed by atoms with Crippen molar-refractivity contribution < 1.29 is 32.2 Å². The number of benzene rings is 1. The van der Waals surface area contributed by atoms with Crippen LogP contribution >= 0.6 is 0 Å². The zero-order valence-electron chi connectivity index (χ0n) is 11.6. The summed E-state index contributed by atoms with van der Waals surface area (Å²) in [4.78, 5) is 10.9. The Balaban J connectivity index is 2.45. The molecule has 0 aliphatic carbocycles. The van der Waals surface area contributed by atoms with E-state index in [0.29, 0.717) is 30.0 Å². The lowest BCUT2D eigenvalue weighted by molar-refractivity contribution is -0.174. The van der Waals surface area contributed by atoms with Crippen LogP contribution in [0.1, 0.15) is 23.7 Å². The minimum absolute atomic E-state index is 0.0767. The van der Waals surface area contributed by atoms with Crippen LogP contribution in [-0.2, 0) is 4.74 Å². The van der Waals surface area contributed by atoms with Crippen LogP contribution < -0.4 is 9.47 Å². The molecule has 0 saturated carbocycles. The molecule has 21 heavy (non-hydrogen) atoms. The van der Waals surface area contributed by atoms with E-state index in [1.165, 1.54) is 0 Å². The molecule has 0 aromatic heterocycles. The Labute approximate surface area is 120 Å². The average Bonchev–Trinajstić information content (AvgIpc) is 2.42. The standard InChI is InChI=1S/C14H17F3O4/c1-2-20-12-6-3-5-11(9-18)13(12)21-8-4-7-19-10-14(15,16)17/h3,5-6,9H,2,4,7-8,10H2,1H3. The summed E-state index contributed by atoms with van der Waals surface area (Å²) >= 11 is 0. The van der Waals surface area contributed by atoms with E-state index in [1.807, 2.05) is 0 Å². The van der Waals surface area contributed by atoms with Crippen LogP contribution in [0.15, 0.2) is 18.2 Å². The second-order valence-corrected chi connectivity index (χ2v) is 4.10. The number of carbonyl (C=O) groups excluding carboxylic acids is 1. The summed E-state index contributed by atoms with van der Waals surface area (Å²) in [6.45, 7) is 0.980. The Bertz CT molecular complexity index is 446. The fraction of sp³-hybridized carbons (Fsp3) is 0.500. The summed E-state index contributed by atoms with van der Waals surface area (Å²) in [5.41, 5.74) is 0.331. The Hall–Kier alpha value is -1.76. The van der Waals surface area contributed by atoms with Crippen molar-refractivity contribution in [2.75, 3.05) is 26.4 Å². The molecule has 0 atom stereocenters. The summed E-state index contributed by atoms with van der Waals surface area (Å²) in [5, 5.41) is 0. The van der Waals surface area contributed by atoms with Gasteiger partial charge in [0.2, 0.25) is 0 Å². The molecule has 0 heterocycles. The third kappa shape index (κ3) is 6.48. The van der Waals surface area contributed by atoms with Crippen molar-refractivity contribution in [1.82, 2.24) is 0 Å². The van der Waals surface area contributed by atoms with Crippen LogP contribution in [-0.4, -0.2) is 38.9 Å². The van der Waals surface area contributed by atoms with Gasteiger partial charge >= 0.3 is 6.18 Å². The summed E-state index contributed by atoms with van der Waals surface area (Å²) in [6.07, 6.45) is -3.42. The van der Waals surface area contributed by atoms with Crippen molar-refractivity contribution in [3.8, 4) is 11.5 Å². The van der Waals surface area contributed by atoms with Crippen LogP contribution in [0.4, 0.5) is 13.2 Å². The molecule has 1 aromatic rings. The molecule has 1 rings (SSSR count). The van der Waals surface area contributed by atoms with Crippen molar-refractivity contribution in [2.45, 2.75) is 19.5 Å². The molecule has 118 valence electrons. The SMILES string of the molecule is CCOc1cccc(C=O)c1OCCCOCC(F)(F)F. The zero-order valence-corrected chi connectivity index (χ0v) is 11.6. The Morgan fingerprint density at radius 3 is 2.57 bits per heavy atom. The van der Waals surface area contributed by atoms with Gasteiger partial charge in [-0.1, -0.05) is 6.07 Å². The highest BCUT2D eigenvalue weighted by molar-refractivity contribution is 5.81. The smallest absolute Gasteiger partial charge is 0.411 e. The Morgan fingerprint density at radius 2 is 1.95 bits per heavy atom. The second kappa shape index (κ2) is 8.51. The second-order valence-electron chi connectivity index (χ2n) is 4.10. The summed E-state index contributed by atoms with van der Waals surface area (Å²) < 4.78 is 50.8. The molecule has 0 unspecified atom stereocenters. The first-order chi connectivity index (χ1) is 9.98. The number of para-hydroxylation sites is 1. The summed E-state index contributed by atoms with van der Waals surface area (Å²) in [7, 11) is 0. The van der Waals surface area contributed by atoms with Gasteiger partial charge in [-0.05, 0) is 19.1 Å². The van der Waals surface area contributed by atoms with Crippen molar-refractivity contribution in [3.05, 3.63) is 23.8 Å². The van der Waals surface area contributed by atoms with Gasteiger partial charge in [0, 0.05) is 6.42 Å². The maximum Gasteiger partial charge on any atom is 0.411 e. The molecule has 1 aromatic carbocycles. The topological polar surface area (TPSA) is 44.8 Å². The van der Waals surface area contributed by atoms with Crippen molar-refractivity contribution >= 4 is 6.29 Å². The number of hydrogen-bond donors (Lipinski definition) is 0. The third-order valence-electron chi connectivity index (χ3n) is 2.38. The van der Waals surface area contributed by atoms with Gasteiger partial charge in [-0.15, -0.1) is 0 Å². The van der Waals surface area contributed by atoms with E-state index in [0.717, 1.165) is 0 Å². The normalized spacial score (nSPS) is 11.2. The lowest BCUT2D eigenvalue weighted by Gasteiger charge is -2.13. The van der Waals surface area contributed by atoms with Gasteiger partial charge < -0.3 is 14.2 Å². The van der Waals surface area contributed by atoms with E-state index in [1.54, 1.807) is 25.1 Å². The van der Waals surface area contributed by atoms with E-state index in [4.69, 9.17) is 9.47 Å². The highest BCUT2D eigenvalue weighted by Gasteiger charge is 2.27. The van der Waals surface area contributed by atoms with Gasteiger partial charge in [0.25, 0.3) is 0 Å². The van der Waals surface area contributed by atoms with Gasteiger partial charge in [-0.2, -0.15) is 13.2 Å². The Morgan fingerprint density at radius 1 is 1.19 bits per heavy atom. The molecule has 0 aliphatic heterocycles. The van der Waals surface area contributed by atoms with Crippen LogP contribution in [0, 0.1) is 0 Å². The van der Waals surface area contributed by atoms with Crippen molar-refractivity contribution in [3.63, 3.8) is 0 Å². The van der Waals surface area contributed by atoms with E-state index >= 15 is 0 Å². The van der Waals surface area contributed by atoms with Crippen LogP contribution in [0.5, 0.6) is 11.5 Å². The van der Waals surface area contributed by atoms with Crippen LogP contribution in [0.25, 0.3) is 0 Å². The number of carbonyl (C=O) groups is 1. The molecule has 0 saturated heterocycles. The van der Waals surface area contributed by atoms with Gasteiger partial charge in [0.1, 0.15) is 6.61 Å². The van der Waals surface area contributed by atoms with Crippen molar-refractivity contribution in [1.29, 1.82) is 0 Å². The fourth-order valence-corrected chi connectivity index (χ4v) is 1.57. The van der Waals surface area contributed by atoms with Crippen molar-refractivity contribution in [2.24, 2.45) is 0 Å². The quantitative estimate of drug-likeness (QED) is 0.519. The van der Waals surface area contributed by atoms with Gasteiger partial charge in [-0.3, -0.25) is 4.79 Å². The molecule has 0 radical (unpaired) electrons. The fourth-order valence-electron chi connectivity index (χ4n) is 1.57. The summed E-state index contributed by atoms with van der Waals surface area (Å²) in [6, 6.07) is 4.89. The molecule has 0 fully saturated rings. The molecule has 4 nitrogen and oxygen atoms in total. The molecule has 0 aliphatic rings. The third-order valence-corrected chi connectivity index (χ3v) is 2.38. The number of aldehydes is 1. The minimum Gasteiger partial charge on any atom is -0.490 e. The Kier molecular flexibility index (Phi) is 7.01. The van der Waals surface area contributed by atoms with E-state index in [-0.39, 0.29) is 19.6 Å². The molecule has 0 amide bonds. The van der Waals surface area contributed by atoms with Crippen LogP contribution in [0.2, 0.25) is 0 Å². The minimum atomic E-state index is -4.33. The zero-order chi connectivity index (χ0) is 15.7. The van der Waals surface area contributed by atoms with E-state index in [9.17, 15) is 18.0 Å². The number of rotatable bonds is 9. The monoisotopic (exact) mass is 306 g/mol. The first-order valence-corrected chi connectivity index (χ1v) is 6.46. The maximum absolute atomic E-state index is 11.9. The highest BCUT2D eigenvalue weighted by atomic mass is 19.4. The number of ether oxygens (including phenoxy) is 3. The molecular formula is C14H17F3O4. The van der Waals surface area contributed by atoms with Crippen LogP contribution in [0.3, 0.4) is 0 Å². The largest absolute Gasteiger partial charge is 0.490 e. The van der Waals surface area contributed by atoms with Gasteiger partial charge in [0.15, 0.2) is 17.8 Å². The predicted octanol–water partition coefficient (Wildman–Crippen LogP) is 3.25. The number of halogens is 3. The average molecular weight is 306 g/mol. The molecular weight excluding hydrogens is 289 g/mol. The number of alkyl halides is 3. The van der Waals surface area contributed by atoms with E-state index < -0.39 is 12.8 Å². The molecule has 0 spiro atoms. The number of hydrogen-bond acceptors (Lipinski definition) is 4. The van der Waals surface area contributed by atoms with Gasteiger partial charge in [-0.25, -0.2) is 0 Å². The molecule has 7 heteroatoms. The predicted molar refractivity (Wildman–Crippen MR) is 70.0 cm³/mol. The van der Waals surface area contributed by atoms with Gasteiger partial charge in [0.05, 0.1) is 25.4 Å². The molecule has 0 bridgehead atoms. The lowest BCUT2D eigenvalue weighted by atomic mass is 10.2. The summed E-state index contributed by atoms with van der Waals surface area (Å²) in [5.74, 6) is 0.725. The van der Waals surface area contributed by atoms with E-state index in [2.05, 4.69) is 4.74 Å². The lowest BCUT2D eigenvalue weighted by Crippen LogP contribution is -2.18. The molecule has 0 N–H and O–H groups in total. The first kappa shape index (κ1) is 17.3. The first-order valence-electron chi connectivity index (χ1n) is 6.46.